The number of benzene rings is 1. The lowest BCUT2D eigenvalue weighted by molar-refractivity contribution is -0.136. The van der Waals surface area contributed by atoms with E-state index < -0.39 is 5.97 Å². The maximum absolute atomic E-state index is 10.9. The normalized spacial score (nSPS) is 10.1. The standard InChI is InChI=1S/C14H14N2O4/c1-19-11-4-3-9(5-12(11)20-2)14-10(6-13(17)18)7-15-8-16-14/h3-5,7-8H,6H2,1-2H3,(H,17,18). The Kier molecular flexibility index (Phi) is 4.14. The molecule has 0 amide bonds. The van der Waals surface area contributed by atoms with Crippen LogP contribution in [-0.4, -0.2) is 35.3 Å². The second-order valence-electron chi connectivity index (χ2n) is 4.04. The molecule has 0 bridgehead atoms. The third kappa shape index (κ3) is 2.85. The number of ether oxygens (including phenoxy) is 2. The monoisotopic (exact) mass is 274 g/mol. The molecule has 20 heavy (non-hydrogen) atoms. The molecule has 0 radical (unpaired) electrons. The highest BCUT2D eigenvalue weighted by molar-refractivity contribution is 5.75. The number of hydrogen-bond acceptors (Lipinski definition) is 5. The van der Waals surface area contributed by atoms with E-state index in [1.165, 1.54) is 12.5 Å². The molecule has 0 saturated carbocycles. The van der Waals surface area contributed by atoms with E-state index in [0.717, 1.165) is 5.56 Å². The van der Waals surface area contributed by atoms with Gasteiger partial charge in [-0.2, -0.15) is 0 Å². The molecule has 0 fully saturated rings. The fourth-order valence-electron chi connectivity index (χ4n) is 1.89. The fraction of sp³-hybridized carbons (Fsp3) is 0.214. The second kappa shape index (κ2) is 6.01. The largest absolute Gasteiger partial charge is 0.493 e. The summed E-state index contributed by atoms with van der Waals surface area (Å²) in [6.07, 6.45) is 2.76. The summed E-state index contributed by atoms with van der Waals surface area (Å²) in [7, 11) is 3.10. The van der Waals surface area contributed by atoms with Gasteiger partial charge in [-0.05, 0) is 18.2 Å². The summed E-state index contributed by atoms with van der Waals surface area (Å²) in [6, 6.07) is 5.31. The van der Waals surface area contributed by atoms with Gasteiger partial charge >= 0.3 is 5.97 Å². The molecule has 1 aromatic carbocycles. The first kappa shape index (κ1) is 13.8. The average molecular weight is 274 g/mol. The molecule has 2 rings (SSSR count). The summed E-state index contributed by atoms with van der Waals surface area (Å²) in [6.45, 7) is 0. The number of aliphatic carboxylic acids is 1. The number of carboxylic acid groups (broad SMARTS) is 1. The van der Waals surface area contributed by atoms with Crippen molar-refractivity contribution < 1.29 is 19.4 Å². The summed E-state index contributed by atoms with van der Waals surface area (Å²) in [5, 5.41) is 8.92. The Morgan fingerprint density at radius 2 is 2.00 bits per heavy atom. The van der Waals surface area contributed by atoms with Crippen LogP contribution in [0.2, 0.25) is 0 Å². The lowest BCUT2D eigenvalue weighted by atomic mass is 10.0. The van der Waals surface area contributed by atoms with Gasteiger partial charge in [0.2, 0.25) is 0 Å². The molecular formula is C14H14N2O4. The zero-order chi connectivity index (χ0) is 14.5. The minimum atomic E-state index is -0.929. The van der Waals surface area contributed by atoms with Gasteiger partial charge in [0, 0.05) is 17.3 Å². The second-order valence-corrected chi connectivity index (χ2v) is 4.04. The number of rotatable bonds is 5. The van der Waals surface area contributed by atoms with E-state index in [-0.39, 0.29) is 6.42 Å². The van der Waals surface area contributed by atoms with E-state index in [9.17, 15) is 4.79 Å². The lowest BCUT2D eigenvalue weighted by Crippen LogP contribution is -2.04. The third-order valence-electron chi connectivity index (χ3n) is 2.79. The zero-order valence-corrected chi connectivity index (χ0v) is 11.2. The molecule has 6 nitrogen and oxygen atoms in total. The Morgan fingerprint density at radius 1 is 1.25 bits per heavy atom. The SMILES string of the molecule is COc1ccc(-c2ncncc2CC(=O)O)cc1OC. The third-order valence-corrected chi connectivity index (χ3v) is 2.79. The first-order valence-corrected chi connectivity index (χ1v) is 5.88. The van der Waals surface area contributed by atoms with Gasteiger partial charge in [-0.1, -0.05) is 0 Å². The highest BCUT2D eigenvalue weighted by Gasteiger charge is 2.13. The maximum Gasteiger partial charge on any atom is 0.307 e. The summed E-state index contributed by atoms with van der Waals surface area (Å²) < 4.78 is 10.4. The molecule has 1 aromatic heterocycles. The van der Waals surface area contributed by atoms with Crippen molar-refractivity contribution in [3.05, 3.63) is 36.3 Å². The van der Waals surface area contributed by atoms with Gasteiger partial charge in [0.1, 0.15) is 6.33 Å². The van der Waals surface area contributed by atoms with Gasteiger partial charge in [0.15, 0.2) is 11.5 Å². The Morgan fingerprint density at radius 3 is 2.65 bits per heavy atom. The Bertz CT molecular complexity index is 628. The Hall–Kier alpha value is -2.63. The van der Waals surface area contributed by atoms with Crippen LogP contribution in [0.15, 0.2) is 30.7 Å². The van der Waals surface area contributed by atoms with E-state index in [1.807, 2.05) is 0 Å². The van der Waals surface area contributed by atoms with Crippen molar-refractivity contribution in [2.24, 2.45) is 0 Å². The van der Waals surface area contributed by atoms with E-state index in [4.69, 9.17) is 14.6 Å². The predicted octanol–water partition coefficient (Wildman–Crippen LogP) is 1.79. The summed E-state index contributed by atoms with van der Waals surface area (Å²) in [5.74, 6) is 0.233. The van der Waals surface area contributed by atoms with Gasteiger partial charge in [-0.3, -0.25) is 4.79 Å². The molecule has 2 aromatic rings. The van der Waals surface area contributed by atoms with Crippen molar-refractivity contribution in [2.75, 3.05) is 14.2 Å². The van der Waals surface area contributed by atoms with Crippen molar-refractivity contribution in [1.29, 1.82) is 0 Å². The molecule has 0 aliphatic rings. The van der Waals surface area contributed by atoms with Crippen molar-refractivity contribution in [3.63, 3.8) is 0 Å². The number of nitrogens with zero attached hydrogens (tertiary/aromatic N) is 2. The van der Waals surface area contributed by atoms with Crippen LogP contribution in [0.5, 0.6) is 11.5 Å². The highest BCUT2D eigenvalue weighted by Crippen LogP contribution is 2.32. The number of hydrogen-bond donors (Lipinski definition) is 1. The van der Waals surface area contributed by atoms with Crippen LogP contribution in [0.3, 0.4) is 0 Å². The summed E-state index contributed by atoms with van der Waals surface area (Å²) in [5.41, 5.74) is 1.87. The first-order chi connectivity index (χ1) is 9.65. The van der Waals surface area contributed by atoms with Crippen molar-refractivity contribution in [3.8, 4) is 22.8 Å². The molecule has 0 atom stereocenters. The molecule has 0 aliphatic heterocycles. The molecular weight excluding hydrogens is 260 g/mol. The van der Waals surface area contributed by atoms with E-state index >= 15 is 0 Å². The van der Waals surface area contributed by atoms with Crippen molar-refractivity contribution >= 4 is 5.97 Å². The molecule has 6 heteroatoms. The van der Waals surface area contributed by atoms with E-state index in [1.54, 1.807) is 32.4 Å². The van der Waals surface area contributed by atoms with Crippen LogP contribution in [0.4, 0.5) is 0 Å². The van der Waals surface area contributed by atoms with E-state index in [2.05, 4.69) is 9.97 Å². The number of carboxylic acids is 1. The van der Waals surface area contributed by atoms with E-state index in [0.29, 0.717) is 22.8 Å². The van der Waals surface area contributed by atoms with Crippen LogP contribution in [0.1, 0.15) is 5.56 Å². The minimum absolute atomic E-state index is 0.134. The number of methoxy groups -OCH3 is 2. The van der Waals surface area contributed by atoms with Crippen molar-refractivity contribution in [2.45, 2.75) is 6.42 Å². The maximum atomic E-state index is 10.9. The molecule has 0 aliphatic carbocycles. The van der Waals surface area contributed by atoms with Crippen LogP contribution in [0.25, 0.3) is 11.3 Å². The molecule has 1 heterocycles. The summed E-state index contributed by atoms with van der Waals surface area (Å²) >= 11 is 0. The first-order valence-electron chi connectivity index (χ1n) is 5.88. The van der Waals surface area contributed by atoms with Gasteiger partial charge < -0.3 is 14.6 Å². The molecule has 0 spiro atoms. The van der Waals surface area contributed by atoms with Crippen LogP contribution < -0.4 is 9.47 Å². The molecule has 0 unspecified atom stereocenters. The fourth-order valence-corrected chi connectivity index (χ4v) is 1.89. The number of aromatic nitrogens is 2. The quantitative estimate of drug-likeness (QED) is 0.895. The van der Waals surface area contributed by atoms with Gasteiger partial charge in [-0.15, -0.1) is 0 Å². The smallest absolute Gasteiger partial charge is 0.307 e. The Balaban J connectivity index is 2.48. The predicted molar refractivity (Wildman–Crippen MR) is 71.9 cm³/mol. The molecule has 0 saturated heterocycles. The molecule has 1 N–H and O–H groups in total. The minimum Gasteiger partial charge on any atom is -0.493 e. The number of carbonyl (C=O) groups is 1. The Labute approximate surface area is 116 Å². The van der Waals surface area contributed by atoms with Crippen LogP contribution in [-0.2, 0) is 11.2 Å². The van der Waals surface area contributed by atoms with Crippen molar-refractivity contribution in [1.82, 2.24) is 9.97 Å². The molecule has 104 valence electrons. The topological polar surface area (TPSA) is 81.5 Å². The zero-order valence-electron chi connectivity index (χ0n) is 11.2. The van der Waals surface area contributed by atoms with Gasteiger partial charge in [0.05, 0.1) is 26.3 Å². The highest BCUT2D eigenvalue weighted by atomic mass is 16.5. The van der Waals surface area contributed by atoms with Crippen LogP contribution >= 0.6 is 0 Å². The van der Waals surface area contributed by atoms with Gasteiger partial charge in [0.25, 0.3) is 0 Å². The summed E-state index contributed by atoms with van der Waals surface area (Å²) in [4.78, 5) is 18.9. The lowest BCUT2D eigenvalue weighted by Gasteiger charge is -2.11. The average Bonchev–Trinajstić information content (AvgIpc) is 2.46. The van der Waals surface area contributed by atoms with Gasteiger partial charge in [-0.25, -0.2) is 9.97 Å². The van der Waals surface area contributed by atoms with Crippen LogP contribution in [0, 0.1) is 0 Å².